The van der Waals surface area contributed by atoms with Crippen molar-refractivity contribution in [2.24, 2.45) is 7.05 Å². The molecule has 1 aliphatic carbocycles. The summed E-state index contributed by atoms with van der Waals surface area (Å²) >= 11 is 0. The van der Waals surface area contributed by atoms with Crippen LogP contribution in [0.25, 0.3) is 0 Å². The second-order valence-corrected chi connectivity index (χ2v) is 4.04. The topological polar surface area (TPSA) is 55.9 Å². The van der Waals surface area contributed by atoms with Gasteiger partial charge in [-0.3, -0.25) is 9.36 Å². The number of hydrogen-bond acceptors (Lipinski definition) is 3. The van der Waals surface area contributed by atoms with Gasteiger partial charge in [0.05, 0.1) is 24.6 Å². The van der Waals surface area contributed by atoms with Gasteiger partial charge >= 0.3 is 0 Å². The van der Waals surface area contributed by atoms with Crippen molar-refractivity contribution in [3.05, 3.63) is 30.4 Å². The van der Waals surface area contributed by atoms with Gasteiger partial charge in [0.1, 0.15) is 0 Å². The van der Waals surface area contributed by atoms with E-state index < -0.39 is 0 Å². The van der Waals surface area contributed by atoms with Crippen molar-refractivity contribution in [3.8, 4) is 5.75 Å². The number of hydrogen-bond donors (Lipinski definition) is 1. The molecule has 1 N–H and O–H groups in total. The van der Waals surface area contributed by atoms with Gasteiger partial charge in [0.25, 0.3) is 0 Å². The first-order chi connectivity index (χ1) is 7.24. The van der Waals surface area contributed by atoms with E-state index >= 15 is 0 Å². The molecular weight excluding hydrogens is 192 g/mol. The number of nitrogens with zero attached hydrogens (tertiary/aromatic N) is 4. The van der Waals surface area contributed by atoms with E-state index in [1.807, 2.05) is 28.8 Å². The molecule has 0 amide bonds. The third-order valence-electron chi connectivity index (χ3n) is 2.84. The average Bonchev–Trinajstić information content (AvgIpc) is 2.70. The van der Waals surface area contributed by atoms with Crippen molar-refractivity contribution >= 4 is 0 Å². The SMILES string of the molecule is Cn1cc(C2CC2n2cc(O)cn2)cn1. The van der Waals surface area contributed by atoms with Crippen LogP contribution >= 0.6 is 0 Å². The van der Waals surface area contributed by atoms with Crippen LogP contribution in [-0.2, 0) is 7.05 Å². The Morgan fingerprint density at radius 2 is 2.20 bits per heavy atom. The van der Waals surface area contributed by atoms with E-state index in [0.29, 0.717) is 12.0 Å². The van der Waals surface area contributed by atoms with Gasteiger partial charge in [-0.15, -0.1) is 0 Å². The van der Waals surface area contributed by atoms with Crippen molar-refractivity contribution < 1.29 is 5.11 Å². The summed E-state index contributed by atoms with van der Waals surface area (Å²) in [5.74, 6) is 0.727. The van der Waals surface area contributed by atoms with Crippen LogP contribution in [-0.4, -0.2) is 24.7 Å². The van der Waals surface area contributed by atoms with Crippen molar-refractivity contribution in [2.45, 2.75) is 18.4 Å². The maximum absolute atomic E-state index is 9.19. The van der Waals surface area contributed by atoms with E-state index in [0.717, 1.165) is 6.42 Å². The monoisotopic (exact) mass is 204 g/mol. The summed E-state index contributed by atoms with van der Waals surface area (Å²) in [4.78, 5) is 0. The largest absolute Gasteiger partial charge is 0.505 e. The molecular formula is C10H12N4O. The van der Waals surface area contributed by atoms with Crippen molar-refractivity contribution in [1.29, 1.82) is 0 Å². The first-order valence-electron chi connectivity index (χ1n) is 4.96. The highest BCUT2D eigenvalue weighted by Gasteiger charge is 2.41. The van der Waals surface area contributed by atoms with Gasteiger partial charge in [0.2, 0.25) is 0 Å². The van der Waals surface area contributed by atoms with E-state index in [4.69, 9.17) is 0 Å². The van der Waals surface area contributed by atoms with Gasteiger partial charge in [-0.05, 0) is 12.0 Å². The van der Waals surface area contributed by atoms with E-state index in [2.05, 4.69) is 10.2 Å². The number of rotatable bonds is 2. The predicted octanol–water partition coefficient (Wildman–Crippen LogP) is 1.05. The molecule has 5 nitrogen and oxygen atoms in total. The van der Waals surface area contributed by atoms with Crippen LogP contribution in [0.5, 0.6) is 5.75 Å². The number of aromatic hydroxyl groups is 1. The molecule has 1 aliphatic rings. The van der Waals surface area contributed by atoms with Crippen LogP contribution in [0.2, 0.25) is 0 Å². The summed E-state index contributed by atoms with van der Waals surface area (Å²) in [5.41, 5.74) is 1.25. The molecule has 5 heteroatoms. The van der Waals surface area contributed by atoms with Gasteiger partial charge in [-0.25, -0.2) is 0 Å². The first-order valence-corrected chi connectivity index (χ1v) is 4.96. The van der Waals surface area contributed by atoms with Crippen molar-refractivity contribution in [2.75, 3.05) is 0 Å². The third kappa shape index (κ3) is 1.40. The molecule has 2 atom stereocenters. The fraction of sp³-hybridized carbons (Fsp3) is 0.400. The molecule has 0 aliphatic heterocycles. The second-order valence-electron chi connectivity index (χ2n) is 4.04. The molecule has 0 aromatic carbocycles. The minimum atomic E-state index is 0.229. The fourth-order valence-corrected chi connectivity index (χ4v) is 1.97. The molecule has 2 heterocycles. The highest BCUT2D eigenvalue weighted by atomic mass is 16.3. The molecule has 2 unspecified atom stereocenters. The lowest BCUT2D eigenvalue weighted by Gasteiger charge is -1.97. The Morgan fingerprint density at radius 1 is 1.33 bits per heavy atom. The lowest BCUT2D eigenvalue weighted by atomic mass is 10.2. The number of aryl methyl sites for hydroxylation is 1. The second kappa shape index (κ2) is 2.85. The Morgan fingerprint density at radius 3 is 2.80 bits per heavy atom. The highest BCUT2D eigenvalue weighted by molar-refractivity contribution is 5.23. The van der Waals surface area contributed by atoms with Gasteiger partial charge in [-0.1, -0.05) is 0 Å². The normalized spacial score (nSPS) is 24.3. The zero-order valence-electron chi connectivity index (χ0n) is 8.41. The fourth-order valence-electron chi connectivity index (χ4n) is 1.97. The zero-order valence-corrected chi connectivity index (χ0v) is 8.41. The minimum Gasteiger partial charge on any atom is -0.505 e. The first kappa shape index (κ1) is 8.52. The molecule has 1 saturated carbocycles. The van der Waals surface area contributed by atoms with E-state index in [1.165, 1.54) is 11.8 Å². The molecule has 0 bridgehead atoms. The summed E-state index contributed by atoms with van der Waals surface area (Å²) < 4.78 is 3.64. The molecule has 0 saturated heterocycles. The van der Waals surface area contributed by atoms with Crippen LogP contribution in [0.4, 0.5) is 0 Å². The Kier molecular flexibility index (Phi) is 1.62. The van der Waals surface area contributed by atoms with Crippen LogP contribution in [0.15, 0.2) is 24.8 Å². The highest BCUT2D eigenvalue weighted by Crippen LogP contribution is 2.50. The standard InChI is InChI=1S/C10H12N4O/c1-13-5-7(3-11-13)9-2-10(9)14-6-8(15)4-12-14/h3-6,9-10,15H,2H2,1H3. The van der Waals surface area contributed by atoms with Gasteiger partial charge in [0.15, 0.2) is 5.75 Å². The molecule has 0 radical (unpaired) electrons. The summed E-state index contributed by atoms with van der Waals surface area (Å²) in [7, 11) is 1.92. The van der Waals surface area contributed by atoms with Crippen LogP contribution in [0.3, 0.4) is 0 Å². The van der Waals surface area contributed by atoms with Gasteiger partial charge in [-0.2, -0.15) is 10.2 Å². The molecule has 2 aromatic heterocycles. The maximum Gasteiger partial charge on any atom is 0.153 e. The number of aromatic nitrogens is 4. The predicted molar refractivity (Wildman–Crippen MR) is 53.5 cm³/mol. The maximum atomic E-state index is 9.19. The quantitative estimate of drug-likeness (QED) is 0.795. The minimum absolute atomic E-state index is 0.229. The molecule has 1 fully saturated rings. The lowest BCUT2D eigenvalue weighted by Crippen LogP contribution is -1.95. The van der Waals surface area contributed by atoms with Crippen molar-refractivity contribution in [3.63, 3.8) is 0 Å². The van der Waals surface area contributed by atoms with Crippen molar-refractivity contribution in [1.82, 2.24) is 19.6 Å². The molecule has 2 aromatic rings. The summed E-state index contributed by atoms with van der Waals surface area (Å²) in [6.45, 7) is 0. The molecule has 3 rings (SSSR count). The van der Waals surface area contributed by atoms with E-state index in [-0.39, 0.29) is 5.75 Å². The van der Waals surface area contributed by atoms with E-state index in [1.54, 1.807) is 6.20 Å². The van der Waals surface area contributed by atoms with E-state index in [9.17, 15) is 5.11 Å². The lowest BCUT2D eigenvalue weighted by molar-refractivity contribution is 0.473. The van der Waals surface area contributed by atoms with Crippen LogP contribution in [0, 0.1) is 0 Å². The Labute approximate surface area is 87.0 Å². The Balaban J connectivity index is 1.79. The molecule has 0 spiro atoms. The summed E-state index contributed by atoms with van der Waals surface area (Å²) in [5, 5.41) is 17.4. The van der Waals surface area contributed by atoms with Crippen LogP contribution < -0.4 is 0 Å². The zero-order chi connectivity index (χ0) is 10.4. The third-order valence-corrected chi connectivity index (χ3v) is 2.84. The average molecular weight is 204 g/mol. The smallest absolute Gasteiger partial charge is 0.153 e. The van der Waals surface area contributed by atoms with Crippen LogP contribution in [0.1, 0.15) is 23.9 Å². The molecule has 15 heavy (non-hydrogen) atoms. The van der Waals surface area contributed by atoms with Gasteiger partial charge < -0.3 is 5.11 Å². The Hall–Kier alpha value is -1.78. The molecule has 78 valence electrons. The van der Waals surface area contributed by atoms with Gasteiger partial charge in [0, 0.05) is 19.2 Å². The summed E-state index contributed by atoms with van der Waals surface area (Å²) in [6.07, 6.45) is 8.15. The summed E-state index contributed by atoms with van der Waals surface area (Å²) in [6, 6.07) is 0.384. The Bertz CT molecular complexity index is 443.